The molecule has 0 atom stereocenters. The lowest BCUT2D eigenvalue weighted by Crippen LogP contribution is -2.41. The first-order valence-corrected chi connectivity index (χ1v) is 5.37. The van der Waals surface area contributed by atoms with E-state index in [9.17, 15) is 4.39 Å². The normalized spacial score (nSPS) is 23.8. The summed E-state index contributed by atoms with van der Waals surface area (Å²) in [5, 5.41) is 0. The highest BCUT2D eigenvalue weighted by Crippen LogP contribution is 2.37. The summed E-state index contributed by atoms with van der Waals surface area (Å²) in [6.07, 6.45) is 2.45. The molecule has 0 spiro atoms. The predicted molar refractivity (Wildman–Crippen MR) is 54.6 cm³/mol. The third-order valence-electron chi connectivity index (χ3n) is 3.79. The van der Waals surface area contributed by atoms with E-state index in [1.54, 1.807) is 0 Å². The van der Waals surface area contributed by atoms with Crippen molar-refractivity contribution in [2.45, 2.75) is 33.6 Å². The maximum atomic E-state index is 12.1. The van der Waals surface area contributed by atoms with Gasteiger partial charge in [-0.1, -0.05) is 20.8 Å². The minimum absolute atomic E-state index is 0.196. The number of nitrogens with zero attached hydrogens (tertiary/aromatic N) is 1. The smallest absolute Gasteiger partial charge is 0.102 e. The summed E-state index contributed by atoms with van der Waals surface area (Å²) in [6.45, 7) is 9.56. The molecule has 0 aromatic carbocycles. The summed E-state index contributed by atoms with van der Waals surface area (Å²) in [7, 11) is 0. The lowest BCUT2D eigenvalue weighted by atomic mass is 9.72. The average molecular weight is 187 g/mol. The third kappa shape index (κ3) is 2.67. The Morgan fingerprint density at radius 1 is 1.31 bits per heavy atom. The van der Waals surface area contributed by atoms with Gasteiger partial charge in [0.1, 0.15) is 6.67 Å². The number of piperidine rings is 1. The van der Waals surface area contributed by atoms with Gasteiger partial charge in [0.2, 0.25) is 0 Å². The quantitative estimate of drug-likeness (QED) is 0.656. The van der Waals surface area contributed by atoms with Gasteiger partial charge in [0.05, 0.1) is 0 Å². The molecule has 0 aliphatic carbocycles. The molecule has 1 saturated heterocycles. The number of likely N-dealkylation sites (tertiary alicyclic amines) is 1. The van der Waals surface area contributed by atoms with Crippen LogP contribution >= 0.6 is 0 Å². The largest absolute Gasteiger partial charge is 0.301 e. The molecule has 0 aromatic heterocycles. The van der Waals surface area contributed by atoms with Crippen LogP contribution in [0.1, 0.15) is 33.6 Å². The van der Waals surface area contributed by atoms with E-state index in [-0.39, 0.29) is 6.67 Å². The fourth-order valence-electron chi connectivity index (χ4n) is 1.98. The Morgan fingerprint density at radius 3 is 2.23 bits per heavy atom. The fraction of sp³-hybridized carbons (Fsp3) is 1.00. The summed E-state index contributed by atoms with van der Waals surface area (Å²) in [6, 6.07) is 0. The minimum Gasteiger partial charge on any atom is -0.301 e. The van der Waals surface area contributed by atoms with Crippen molar-refractivity contribution in [2.24, 2.45) is 11.3 Å². The molecule has 1 fully saturated rings. The molecular weight excluding hydrogens is 165 g/mol. The second kappa shape index (κ2) is 4.41. The highest BCUT2D eigenvalue weighted by Gasteiger charge is 2.32. The summed E-state index contributed by atoms with van der Waals surface area (Å²) in [5.41, 5.74) is 0.493. The molecule has 1 aliphatic heterocycles. The summed E-state index contributed by atoms with van der Waals surface area (Å²) in [5.74, 6) is 0.750. The Balaban J connectivity index is 2.37. The summed E-state index contributed by atoms with van der Waals surface area (Å²) in [4.78, 5) is 2.24. The van der Waals surface area contributed by atoms with E-state index in [2.05, 4.69) is 25.7 Å². The highest BCUT2D eigenvalue weighted by molar-refractivity contribution is 4.84. The first kappa shape index (κ1) is 11.0. The van der Waals surface area contributed by atoms with Gasteiger partial charge in [-0.05, 0) is 37.3 Å². The van der Waals surface area contributed by atoms with E-state index in [0.29, 0.717) is 12.0 Å². The van der Waals surface area contributed by atoms with Gasteiger partial charge in [-0.2, -0.15) is 0 Å². The number of hydrogen-bond acceptors (Lipinski definition) is 1. The molecule has 1 rings (SSSR count). The fourth-order valence-corrected chi connectivity index (χ4v) is 1.98. The molecule has 1 aliphatic rings. The van der Waals surface area contributed by atoms with Crippen molar-refractivity contribution < 1.29 is 4.39 Å². The molecule has 13 heavy (non-hydrogen) atoms. The SMILES string of the molecule is CC(C)C1(C)CCN(CCF)CC1. The van der Waals surface area contributed by atoms with Crippen LogP contribution in [0.4, 0.5) is 4.39 Å². The Bertz CT molecular complexity index is 148. The maximum Gasteiger partial charge on any atom is 0.102 e. The van der Waals surface area contributed by atoms with Gasteiger partial charge in [-0.25, -0.2) is 4.39 Å². The number of rotatable bonds is 3. The van der Waals surface area contributed by atoms with Crippen molar-refractivity contribution >= 4 is 0 Å². The third-order valence-corrected chi connectivity index (χ3v) is 3.79. The molecule has 0 amide bonds. The molecule has 2 heteroatoms. The van der Waals surface area contributed by atoms with Gasteiger partial charge >= 0.3 is 0 Å². The highest BCUT2D eigenvalue weighted by atomic mass is 19.1. The van der Waals surface area contributed by atoms with Crippen molar-refractivity contribution in [3.05, 3.63) is 0 Å². The van der Waals surface area contributed by atoms with Crippen molar-refractivity contribution in [1.82, 2.24) is 4.90 Å². The van der Waals surface area contributed by atoms with Crippen LogP contribution in [-0.4, -0.2) is 31.2 Å². The van der Waals surface area contributed by atoms with Gasteiger partial charge in [-0.15, -0.1) is 0 Å². The molecule has 78 valence electrons. The molecule has 0 saturated carbocycles. The number of halogens is 1. The van der Waals surface area contributed by atoms with E-state index in [0.717, 1.165) is 19.0 Å². The van der Waals surface area contributed by atoms with Crippen LogP contribution in [0.3, 0.4) is 0 Å². The first-order chi connectivity index (χ1) is 6.08. The molecule has 0 bridgehead atoms. The van der Waals surface area contributed by atoms with Crippen molar-refractivity contribution in [2.75, 3.05) is 26.3 Å². The van der Waals surface area contributed by atoms with Gasteiger partial charge in [0.25, 0.3) is 0 Å². The van der Waals surface area contributed by atoms with Crippen LogP contribution in [0.2, 0.25) is 0 Å². The van der Waals surface area contributed by atoms with Crippen LogP contribution in [0.15, 0.2) is 0 Å². The predicted octanol–water partition coefficient (Wildman–Crippen LogP) is 2.71. The van der Waals surface area contributed by atoms with E-state index >= 15 is 0 Å². The Morgan fingerprint density at radius 2 is 1.85 bits per heavy atom. The Kier molecular flexibility index (Phi) is 3.72. The van der Waals surface area contributed by atoms with Crippen LogP contribution < -0.4 is 0 Å². The summed E-state index contributed by atoms with van der Waals surface area (Å²) < 4.78 is 12.1. The topological polar surface area (TPSA) is 3.24 Å². The standard InChI is InChI=1S/C11H22FN/c1-10(2)11(3)4-7-13(8-5-11)9-6-12/h10H,4-9H2,1-3H3. The van der Waals surface area contributed by atoms with E-state index in [1.807, 2.05) is 0 Å². The van der Waals surface area contributed by atoms with Crippen LogP contribution in [0, 0.1) is 11.3 Å². The Hall–Kier alpha value is -0.110. The number of hydrogen-bond donors (Lipinski definition) is 0. The van der Waals surface area contributed by atoms with E-state index in [4.69, 9.17) is 0 Å². The van der Waals surface area contributed by atoms with Crippen molar-refractivity contribution in [3.8, 4) is 0 Å². The second-order valence-corrected chi connectivity index (χ2v) is 4.84. The molecule has 1 heterocycles. The van der Waals surface area contributed by atoms with Gasteiger partial charge in [-0.3, -0.25) is 0 Å². The number of alkyl halides is 1. The zero-order valence-corrected chi connectivity index (χ0v) is 9.15. The van der Waals surface area contributed by atoms with Crippen molar-refractivity contribution in [3.63, 3.8) is 0 Å². The van der Waals surface area contributed by atoms with E-state index in [1.165, 1.54) is 12.8 Å². The minimum atomic E-state index is -0.196. The lowest BCUT2D eigenvalue weighted by Gasteiger charge is -2.42. The van der Waals surface area contributed by atoms with Crippen LogP contribution in [0.25, 0.3) is 0 Å². The van der Waals surface area contributed by atoms with Crippen LogP contribution in [0.5, 0.6) is 0 Å². The monoisotopic (exact) mass is 187 g/mol. The molecular formula is C11H22FN. The zero-order valence-electron chi connectivity index (χ0n) is 9.15. The molecule has 0 aromatic rings. The maximum absolute atomic E-state index is 12.1. The second-order valence-electron chi connectivity index (χ2n) is 4.84. The zero-order chi connectivity index (χ0) is 9.90. The molecule has 0 unspecified atom stereocenters. The Labute approximate surface area is 81.3 Å². The van der Waals surface area contributed by atoms with E-state index < -0.39 is 0 Å². The van der Waals surface area contributed by atoms with Gasteiger partial charge in [0.15, 0.2) is 0 Å². The van der Waals surface area contributed by atoms with Gasteiger partial charge < -0.3 is 4.90 Å². The van der Waals surface area contributed by atoms with Gasteiger partial charge in [0, 0.05) is 6.54 Å². The summed E-state index contributed by atoms with van der Waals surface area (Å²) >= 11 is 0. The average Bonchev–Trinajstić information content (AvgIpc) is 2.09. The molecule has 0 radical (unpaired) electrons. The molecule has 0 N–H and O–H groups in total. The van der Waals surface area contributed by atoms with Crippen LogP contribution in [-0.2, 0) is 0 Å². The molecule has 1 nitrogen and oxygen atoms in total. The first-order valence-electron chi connectivity index (χ1n) is 5.37. The van der Waals surface area contributed by atoms with Crippen molar-refractivity contribution in [1.29, 1.82) is 0 Å². The lowest BCUT2D eigenvalue weighted by molar-refractivity contribution is 0.0749.